The Labute approximate surface area is 160 Å². The van der Waals surface area contributed by atoms with E-state index in [1.165, 1.54) is 6.92 Å². The fourth-order valence-corrected chi connectivity index (χ4v) is 3.35. The average Bonchev–Trinajstić information content (AvgIpc) is 2.59. The van der Waals surface area contributed by atoms with Gasteiger partial charge in [0.2, 0.25) is 5.91 Å². The minimum atomic E-state index is -4.55. The lowest BCUT2D eigenvalue weighted by Crippen LogP contribution is -2.45. The Balaban J connectivity index is 1.90. The van der Waals surface area contributed by atoms with Crippen molar-refractivity contribution in [3.63, 3.8) is 0 Å². The predicted octanol–water partition coefficient (Wildman–Crippen LogP) is 3.52. The van der Waals surface area contributed by atoms with Crippen molar-refractivity contribution in [2.45, 2.75) is 38.9 Å². The molecule has 2 heterocycles. The summed E-state index contributed by atoms with van der Waals surface area (Å²) in [5, 5.41) is 21.4. The molecule has 2 N–H and O–H groups in total. The van der Waals surface area contributed by atoms with Crippen molar-refractivity contribution in [3.8, 4) is 17.0 Å². The van der Waals surface area contributed by atoms with Crippen molar-refractivity contribution >= 4 is 11.7 Å². The Hall–Kier alpha value is -2.84. The van der Waals surface area contributed by atoms with Gasteiger partial charge in [-0.25, -0.2) is 0 Å². The zero-order valence-corrected chi connectivity index (χ0v) is 15.8. The van der Waals surface area contributed by atoms with Gasteiger partial charge >= 0.3 is 6.18 Å². The van der Waals surface area contributed by atoms with Crippen LogP contribution in [0.5, 0.6) is 5.75 Å². The van der Waals surface area contributed by atoms with Crippen LogP contribution in [0.15, 0.2) is 18.2 Å². The van der Waals surface area contributed by atoms with Gasteiger partial charge in [0, 0.05) is 19.2 Å². The van der Waals surface area contributed by atoms with Gasteiger partial charge in [-0.3, -0.25) is 4.79 Å². The molecule has 0 aliphatic carbocycles. The number of amides is 1. The maximum Gasteiger partial charge on any atom is 0.416 e. The molecule has 2 aromatic rings. The Morgan fingerprint density at radius 1 is 1.18 bits per heavy atom. The molecule has 1 aliphatic rings. The van der Waals surface area contributed by atoms with Crippen molar-refractivity contribution < 1.29 is 23.1 Å². The number of nitrogens with one attached hydrogen (secondary N) is 1. The second-order valence-corrected chi connectivity index (χ2v) is 7.05. The minimum absolute atomic E-state index is 0.0206. The van der Waals surface area contributed by atoms with Crippen LogP contribution in [-0.2, 0) is 11.0 Å². The molecule has 0 radical (unpaired) electrons. The molecule has 3 rings (SSSR count). The first kappa shape index (κ1) is 19.9. The van der Waals surface area contributed by atoms with E-state index < -0.39 is 17.5 Å². The summed E-state index contributed by atoms with van der Waals surface area (Å²) in [5.74, 6) is -0.0972. The molecule has 150 valence electrons. The molecule has 9 heteroatoms. The van der Waals surface area contributed by atoms with Gasteiger partial charge in [0.05, 0.1) is 11.3 Å². The van der Waals surface area contributed by atoms with Crippen molar-refractivity contribution in [2.24, 2.45) is 0 Å². The van der Waals surface area contributed by atoms with Crippen LogP contribution in [0.4, 0.5) is 19.0 Å². The van der Waals surface area contributed by atoms with Crippen LogP contribution in [0.3, 0.4) is 0 Å². The molecule has 0 bridgehead atoms. The lowest BCUT2D eigenvalue weighted by molar-refractivity contribution is -0.137. The number of carbonyl (C=O) groups is 1. The average molecular weight is 394 g/mol. The van der Waals surface area contributed by atoms with E-state index in [0.717, 1.165) is 12.5 Å². The van der Waals surface area contributed by atoms with Crippen LogP contribution in [-0.4, -0.2) is 45.7 Å². The molecule has 1 aromatic carbocycles. The summed E-state index contributed by atoms with van der Waals surface area (Å²) in [6.07, 6.45) is -2.98. The SMILES string of the molecule is Cc1cc(-c2c(C)cc(C(F)(F)F)cc2O)nnc1NC1CCCN(C)C1=O. The molecule has 6 nitrogen and oxygen atoms in total. The van der Waals surface area contributed by atoms with E-state index in [0.29, 0.717) is 30.4 Å². The maximum atomic E-state index is 12.9. The molecule has 1 fully saturated rings. The lowest BCUT2D eigenvalue weighted by Gasteiger charge is -2.30. The van der Waals surface area contributed by atoms with E-state index in [1.807, 2.05) is 0 Å². The number of likely N-dealkylation sites (N-methyl/N-ethyl adjacent to an activating group) is 1. The van der Waals surface area contributed by atoms with Crippen molar-refractivity contribution in [1.82, 2.24) is 15.1 Å². The fourth-order valence-electron chi connectivity index (χ4n) is 3.35. The second-order valence-electron chi connectivity index (χ2n) is 7.05. The summed E-state index contributed by atoms with van der Waals surface area (Å²) < 4.78 is 38.7. The van der Waals surface area contributed by atoms with Gasteiger partial charge in [-0.1, -0.05) is 0 Å². The monoisotopic (exact) mass is 394 g/mol. The summed E-state index contributed by atoms with van der Waals surface area (Å²) in [4.78, 5) is 13.9. The number of phenols is 1. The summed E-state index contributed by atoms with van der Waals surface area (Å²) in [7, 11) is 1.74. The molecule has 1 saturated heterocycles. The molecule has 1 amide bonds. The lowest BCUT2D eigenvalue weighted by atomic mass is 9.99. The number of rotatable bonds is 3. The normalized spacial score (nSPS) is 17.7. The van der Waals surface area contributed by atoms with Crippen LogP contribution in [0.25, 0.3) is 11.3 Å². The highest BCUT2D eigenvalue weighted by Gasteiger charge is 2.32. The molecule has 0 spiro atoms. The number of nitrogens with zero attached hydrogens (tertiary/aromatic N) is 3. The Bertz CT molecular complexity index is 892. The molecular weight excluding hydrogens is 373 g/mol. The van der Waals surface area contributed by atoms with Gasteiger partial charge in [0.25, 0.3) is 0 Å². The van der Waals surface area contributed by atoms with Crippen LogP contribution < -0.4 is 5.32 Å². The van der Waals surface area contributed by atoms with Gasteiger partial charge < -0.3 is 15.3 Å². The van der Waals surface area contributed by atoms with Gasteiger partial charge in [-0.2, -0.15) is 13.2 Å². The number of benzene rings is 1. The molecular formula is C19H21F3N4O2. The van der Waals surface area contributed by atoms with E-state index in [1.54, 1.807) is 24.9 Å². The topological polar surface area (TPSA) is 78.4 Å². The van der Waals surface area contributed by atoms with Gasteiger partial charge in [-0.15, -0.1) is 10.2 Å². The van der Waals surface area contributed by atoms with Crippen LogP contribution in [0, 0.1) is 13.8 Å². The van der Waals surface area contributed by atoms with E-state index >= 15 is 0 Å². The second kappa shape index (κ2) is 7.29. The summed E-state index contributed by atoms with van der Waals surface area (Å²) in [6.45, 7) is 3.95. The Morgan fingerprint density at radius 3 is 2.50 bits per heavy atom. The first-order valence-corrected chi connectivity index (χ1v) is 8.85. The third-order valence-electron chi connectivity index (χ3n) is 4.85. The third kappa shape index (κ3) is 3.88. The number of hydrogen-bond acceptors (Lipinski definition) is 5. The highest BCUT2D eigenvalue weighted by molar-refractivity contribution is 5.85. The number of hydrogen-bond donors (Lipinski definition) is 2. The van der Waals surface area contributed by atoms with E-state index in [-0.39, 0.29) is 28.8 Å². The van der Waals surface area contributed by atoms with Crippen LogP contribution >= 0.6 is 0 Å². The number of anilines is 1. The number of alkyl halides is 3. The molecule has 28 heavy (non-hydrogen) atoms. The number of piperidine rings is 1. The van der Waals surface area contributed by atoms with E-state index in [4.69, 9.17) is 0 Å². The quantitative estimate of drug-likeness (QED) is 0.833. The molecule has 1 aromatic heterocycles. The van der Waals surface area contributed by atoms with Gasteiger partial charge in [0.15, 0.2) is 5.82 Å². The number of aromatic nitrogens is 2. The van der Waals surface area contributed by atoms with E-state index in [2.05, 4.69) is 15.5 Å². The zero-order valence-electron chi connectivity index (χ0n) is 15.8. The largest absolute Gasteiger partial charge is 0.507 e. The van der Waals surface area contributed by atoms with Crippen molar-refractivity contribution in [1.29, 1.82) is 0 Å². The predicted molar refractivity (Wildman–Crippen MR) is 97.9 cm³/mol. The molecule has 1 unspecified atom stereocenters. The minimum Gasteiger partial charge on any atom is -0.507 e. The first-order valence-electron chi connectivity index (χ1n) is 8.85. The maximum absolute atomic E-state index is 12.9. The van der Waals surface area contributed by atoms with E-state index in [9.17, 15) is 23.1 Å². The number of aromatic hydroxyl groups is 1. The van der Waals surface area contributed by atoms with Crippen molar-refractivity contribution in [2.75, 3.05) is 18.9 Å². The summed E-state index contributed by atoms with van der Waals surface area (Å²) in [5.41, 5.74) is 0.451. The smallest absolute Gasteiger partial charge is 0.416 e. The highest BCUT2D eigenvalue weighted by atomic mass is 19.4. The van der Waals surface area contributed by atoms with Crippen LogP contribution in [0.1, 0.15) is 29.5 Å². The van der Waals surface area contributed by atoms with Crippen molar-refractivity contribution in [3.05, 3.63) is 34.9 Å². The molecule has 1 atom stereocenters. The summed E-state index contributed by atoms with van der Waals surface area (Å²) in [6, 6.07) is 2.89. The number of likely N-dealkylation sites (tertiary alicyclic amines) is 1. The number of aryl methyl sites for hydroxylation is 2. The zero-order chi connectivity index (χ0) is 20.6. The fraction of sp³-hybridized carbons (Fsp3) is 0.421. The third-order valence-corrected chi connectivity index (χ3v) is 4.85. The Kier molecular flexibility index (Phi) is 5.18. The highest BCUT2D eigenvalue weighted by Crippen LogP contribution is 2.38. The Morgan fingerprint density at radius 2 is 1.89 bits per heavy atom. The van der Waals surface area contributed by atoms with Gasteiger partial charge in [-0.05, 0) is 56.0 Å². The number of carbonyl (C=O) groups excluding carboxylic acids is 1. The standard InChI is InChI=1S/C19H21F3N4O2/c1-10-7-12(19(20,21)22)9-15(27)16(10)14-8-11(2)17(25-24-14)23-13-5-4-6-26(3)18(13)28/h7-9,13,27H,4-6H2,1-3H3,(H,23,25). The molecule has 0 saturated carbocycles. The van der Waals surface area contributed by atoms with Crippen LogP contribution in [0.2, 0.25) is 0 Å². The van der Waals surface area contributed by atoms with Gasteiger partial charge in [0.1, 0.15) is 11.8 Å². The first-order chi connectivity index (χ1) is 13.1. The molecule has 1 aliphatic heterocycles. The summed E-state index contributed by atoms with van der Waals surface area (Å²) >= 11 is 0. The number of halogens is 3. The number of phenolic OH excluding ortho intramolecular Hbond substituents is 1.